The maximum atomic E-state index is 13.8. The maximum Gasteiger partial charge on any atom is 0.257 e. The smallest absolute Gasteiger partial charge is 0.257 e. The zero-order chi connectivity index (χ0) is 18.0. The fraction of sp³-hybridized carbons (Fsp3) is 0.150. The van der Waals surface area contributed by atoms with Gasteiger partial charge in [0.05, 0.1) is 12.7 Å². The average molecular weight is 341 g/mol. The van der Waals surface area contributed by atoms with Crippen molar-refractivity contribution in [3.05, 3.63) is 77.4 Å². The third-order valence-electron chi connectivity index (χ3n) is 4.07. The van der Waals surface area contributed by atoms with Crippen molar-refractivity contribution in [2.75, 3.05) is 14.2 Å². The molecule has 0 atom stereocenters. The van der Waals surface area contributed by atoms with E-state index in [-0.39, 0.29) is 18.0 Å². The van der Waals surface area contributed by atoms with Crippen LogP contribution < -0.4 is 4.74 Å². The Bertz CT molecular complexity index is 940. The van der Waals surface area contributed by atoms with Crippen molar-refractivity contribution in [2.24, 2.45) is 0 Å². The minimum Gasteiger partial charge on any atom is -0.496 e. The van der Waals surface area contributed by atoms with Gasteiger partial charge in [0.15, 0.2) is 0 Å². The van der Waals surface area contributed by atoms with E-state index in [0.717, 1.165) is 16.8 Å². The van der Waals surface area contributed by atoms with Gasteiger partial charge in [0, 0.05) is 25.2 Å². The first kappa shape index (κ1) is 16.9. The largest absolute Gasteiger partial charge is 0.496 e. The number of hydrogen-bond donors (Lipinski definition) is 0. The van der Waals surface area contributed by atoms with Gasteiger partial charge in [-0.25, -0.2) is 8.78 Å². The second-order valence-corrected chi connectivity index (χ2v) is 5.80. The van der Waals surface area contributed by atoms with Crippen LogP contribution in [-0.2, 0) is 6.54 Å². The molecule has 0 aliphatic carbocycles. The Kier molecular flexibility index (Phi) is 4.65. The van der Waals surface area contributed by atoms with Crippen LogP contribution in [0.2, 0.25) is 0 Å². The van der Waals surface area contributed by atoms with E-state index in [2.05, 4.69) is 0 Å². The molecule has 0 fully saturated rings. The van der Waals surface area contributed by atoms with Gasteiger partial charge in [0.25, 0.3) is 5.91 Å². The molecular weight excluding hydrogens is 324 g/mol. The monoisotopic (exact) mass is 341 g/mol. The number of benzene rings is 3. The fourth-order valence-corrected chi connectivity index (χ4v) is 2.74. The number of carbonyl (C=O) groups is 1. The van der Waals surface area contributed by atoms with Crippen molar-refractivity contribution < 1.29 is 18.3 Å². The van der Waals surface area contributed by atoms with E-state index in [1.54, 1.807) is 19.2 Å². The summed E-state index contributed by atoms with van der Waals surface area (Å²) in [6.07, 6.45) is 0. The lowest BCUT2D eigenvalue weighted by atomic mass is 10.0. The van der Waals surface area contributed by atoms with E-state index in [4.69, 9.17) is 4.74 Å². The zero-order valence-electron chi connectivity index (χ0n) is 13.9. The first-order chi connectivity index (χ1) is 12.0. The molecule has 1 amide bonds. The Morgan fingerprint density at radius 2 is 1.72 bits per heavy atom. The molecule has 0 aliphatic heterocycles. The Hall–Kier alpha value is -2.95. The summed E-state index contributed by atoms with van der Waals surface area (Å²) in [7, 11) is 3.07. The second kappa shape index (κ2) is 6.89. The molecule has 0 aromatic heterocycles. The van der Waals surface area contributed by atoms with Crippen molar-refractivity contribution in [3.8, 4) is 5.75 Å². The lowest BCUT2D eigenvalue weighted by Crippen LogP contribution is -2.27. The third kappa shape index (κ3) is 3.45. The molecule has 3 nitrogen and oxygen atoms in total. The van der Waals surface area contributed by atoms with Gasteiger partial charge in [-0.15, -0.1) is 0 Å². The van der Waals surface area contributed by atoms with Crippen molar-refractivity contribution >= 4 is 16.7 Å². The SMILES string of the molecule is COc1cc2ccccc2cc1C(=O)N(C)Cc1ccc(F)cc1F. The van der Waals surface area contributed by atoms with Crippen LogP contribution >= 0.6 is 0 Å². The predicted octanol–water partition coefficient (Wildman–Crippen LogP) is 4.40. The van der Waals surface area contributed by atoms with Crippen LogP contribution in [0.15, 0.2) is 54.6 Å². The van der Waals surface area contributed by atoms with E-state index in [9.17, 15) is 13.6 Å². The van der Waals surface area contributed by atoms with Crippen LogP contribution in [-0.4, -0.2) is 25.0 Å². The summed E-state index contributed by atoms with van der Waals surface area (Å²) in [5.41, 5.74) is 0.642. The summed E-state index contributed by atoms with van der Waals surface area (Å²) < 4.78 is 32.2. The Morgan fingerprint density at radius 1 is 1.04 bits per heavy atom. The summed E-state index contributed by atoms with van der Waals surface area (Å²) in [5.74, 6) is -1.17. The first-order valence-corrected chi connectivity index (χ1v) is 7.76. The van der Waals surface area contributed by atoms with Crippen molar-refractivity contribution in [2.45, 2.75) is 6.54 Å². The van der Waals surface area contributed by atoms with Crippen molar-refractivity contribution in [1.82, 2.24) is 4.90 Å². The highest BCUT2D eigenvalue weighted by atomic mass is 19.1. The number of amides is 1. The molecular formula is C20H17F2NO2. The Labute approximate surface area is 144 Å². The first-order valence-electron chi connectivity index (χ1n) is 7.76. The lowest BCUT2D eigenvalue weighted by Gasteiger charge is -2.19. The van der Waals surface area contributed by atoms with Gasteiger partial charge in [-0.05, 0) is 29.0 Å². The number of ether oxygens (including phenoxy) is 1. The molecule has 25 heavy (non-hydrogen) atoms. The quantitative estimate of drug-likeness (QED) is 0.704. The Morgan fingerprint density at radius 3 is 2.36 bits per heavy atom. The molecule has 0 bridgehead atoms. The average Bonchev–Trinajstić information content (AvgIpc) is 2.62. The third-order valence-corrected chi connectivity index (χ3v) is 4.07. The van der Waals surface area contributed by atoms with Crippen LogP contribution in [0.3, 0.4) is 0 Å². The van der Waals surface area contributed by atoms with Crippen molar-refractivity contribution in [3.63, 3.8) is 0 Å². The summed E-state index contributed by atoms with van der Waals surface area (Å²) in [6.45, 7) is 0.0287. The molecule has 0 saturated carbocycles. The lowest BCUT2D eigenvalue weighted by molar-refractivity contribution is 0.0780. The molecule has 0 spiro atoms. The number of carbonyl (C=O) groups excluding carboxylic acids is 1. The number of nitrogens with zero attached hydrogens (tertiary/aromatic N) is 1. The molecule has 3 aromatic rings. The molecule has 3 aromatic carbocycles. The molecule has 0 heterocycles. The minimum atomic E-state index is -0.676. The van der Waals surface area contributed by atoms with E-state index >= 15 is 0 Å². The Balaban J connectivity index is 1.92. The molecule has 5 heteroatoms. The molecule has 0 aliphatic rings. The van der Waals surface area contributed by atoms with Crippen LogP contribution in [0.1, 0.15) is 15.9 Å². The van der Waals surface area contributed by atoms with E-state index in [1.807, 2.05) is 24.3 Å². The normalized spacial score (nSPS) is 10.7. The molecule has 0 saturated heterocycles. The summed E-state index contributed by atoms with van der Waals surface area (Å²) in [6, 6.07) is 14.5. The molecule has 0 radical (unpaired) electrons. The summed E-state index contributed by atoms with van der Waals surface area (Å²) >= 11 is 0. The van der Waals surface area contributed by atoms with Gasteiger partial charge < -0.3 is 9.64 Å². The highest BCUT2D eigenvalue weighted by molar-refractivity contribution is 6.01. The minimum absolute atomic E-state index is 0.0287. The van der Waals surface area contributed by atoms with Crippen LogP contribution in [0.4, 0.5) is 8.78 Å². The number of hydrogen-bond acceptors (Lipinski definition) is 2. The summed E-state index contributed by atoms with van der Waals surface area (Å²) in [5, 5.41) is 1.87. The van der Waals surface area contributed by atoms with Crippen molar-refractivity contribution in [1.29, 1.82) is 0 Å². The van der Waals surface area contributed by atoms with E-state index in [0.29, 0.717) is 11.3 Å². The van der Waals surface area contributed by atoms with Crippen LogP contribution in [0, 0.1) is 11.6 Å². The van der Waals surface area contributed by atoms with E-state index in [1.165, 1.54) is 24.1 Å². The van der Waals surface area contributed by atoms with Gasteiger partial charge in [-0.3, -0.25) is 4.79 Å². The summed E-state index contributed by atoms with van der Waals surface area (Å²) in [4.78, 5) is 14.2. The van der Waals surface area contributed by atoms with Gasteiger partial charge in [-0.1, -0.05) is 30.3 Å². The van der Waals surface area contributed by atoms with Crippen LogP contribution in [0.5, 0.6) is 5.75 Å². The predicted molar refractivity (Wildman–Crippen MR) is 92.7 cm³/mol. The van der Waals surface area contributed by atoms with Gasteiger partial charge in [0.1, 0.15) is 17.4 Å². The van der Waals surface area contributed by atoms with Crippen LogP contribution in [0.25, 0.3) is 10.8 Å². The number of rotatable bonds is 4. The second-order valence-electron chi connectivity index (χ2n) is 5.80. The van der Waals surface area contributed by atoms with E-state index < -0.39 is 11.6 Å². The number of halogens is 2. The topological polar surface area (TPSA) is 29.5 Å². The molecule has 128 valence electrons. The van der Waals surface area contributed by atoms with Gasteiger partial charge in [-0.2, -0.15) is 0 Å². The molecule has 0 N–H and O–H groups in total. The molecule has 0 unspecified atom stereocenters. The highest BCUT2D eigenvalue weighted by Gasteiger charge is 2.19. The zero-order valence-corrected chi connectivity index (χ0v) is 13.9. The highest BCUT2D eigenvalue weighted by Crippen LogP contribution is 2.27. The van der Waals surface area contributed by atoms with Gasteiger partial charge >= 0.3 is 0 Å². The molecule has 3 rings (SSSR count). The number of fused-ring (bicyclic) bond motifs is 1. The number of methoxy groups -OCH3 is 1. The fourth-order valence-electron chi connectivity index (χ4n) is 2.74. The maximum absolute atomic E-state index is 13.8. The standard InChI is InChI=1S/C20H17F2NO2/c1-23(12-15-7-8-16(21)11-18(15)22)20(24)17-9-13-5-3-4-6-14(13)10-19(17)25-2/h3-11H,12H2,1-2H3. The van der Waals surface area contributed by atoms with Gasteiger partial charge in [0.2, 0.25) is 0 Å².